The molecule has 1 amide bonds. The van der Waals surface area contributed by atoms with E-state index in [1.165, 1.54) is 13.3 Å². The molecule has 1 aliphatic rings. The number of hydrogen-bond acceptors (Lipinski definition) is 5. The third kappa shape index (κ3) is 3.23. The van der Waals surface area contributed by atoms with E-state index in [0.717, 1.165) is 30.3 Å². The van der Waals surface area contributed by atoms with E-state index in [2.05, 4.69) is 15.4 Å². The molecule has 0 aliphatic heterocycles. The average molecular weight is 344 g/mol. The lowest BCUT2D eigenvalue weighted by molar-refractivity contribution is -0.149. The van der Waals surface area contributed by atoms with Crippen molar-refractivity contribution in [1.29, 1.82) is 0 Å². The maximum atomic E-state index is 12.7. The minimum Gasteiger partial charge on any atom is -0.467 e. The van der Waals surface area contributed by atoms with Gasteiger partial charge < -0.3 is 10.1 Å². The third-order valence-electron chi connectivity index (χ3n) is 4.82. The summed E-state index contributed by atoms with van der Waals surface area (Å²) in [6.45, 7) is 4.05. The van der Waals surface area contributed by atoms with Gasteiger partial charge in [0.25, 0.3) is 5.91 Å². The van der Waals surface area contributed by atoms with Crippen molar-refractivity contribution in [3.63, 3.8) is 0 Å². The highest BCUT2D eigenvalue weighted by Gasteiger charge is 2.42. The van der Waals surface area contributed by atoms with Crippen molar-refractivity contribution in [2.45, 2.75) is 57.5 Å². The molecule has 1 fully saturated rings. The number of pyridine rings is 1. The summed E-state index contributed by atoms with van der Waals surface area (Å²) in [7, 11) is 1.36. The minimum atomic E-state index is -0.929. The molecule has 2 heterocycles. The Labute approximate surface area is 146 Å². The number of carbonyl (C=O) groups excluding carboxylic acids is 2. The van der Waals surface area contributed by atoms with E-state index in [9.17, 15) is 9.59 Å². The second-order valence-electron chi connectivity index (χ2n) is 6.91. The lowest BCUT2D eigenvalue weighted by Gasteiger charge is -2.35. The Kier molecular flexibility index (Phi) is 4.74. The number of esters is 1. The van der Waals surface area contributed by atoms with E-state index in [1.54, 1.807) is 12.3 Å². The normalized spacial score (nSPS) is 16.8. The maximum absolute atomic E-state index is 12.7. The summed E-state index contributed by atoms with van der Waals surface area (Å²) in [5.41, 5.74) is 0.234. The van der Waals surface area contributed by atoms with Gasteiger partial charge in [-0.25, -0.2) is 14.5 Å². The molecule has 0 saturated heterocycles. The van der Waals surface area contributed by atoms with Gasteiger partial charge in [0.2, 0.25) is 0 Å². The van der Waals surface area contributed by atoms with Crippen LogP contribution in [0.2, 0.25) is 0 Å². The molecule has 7 nitrogen and oxygen atoms in total. The summed E-state index contributed by atoms with van der Waals surface area (Å²) in [6, 6.07) is 1.95. The number of ether oxygens (including phenoxy) is 1. The number of fused-ring (bicyclic) bond motifs is 1. The van der Waals surface area contributed by atoms with Crippen molar-refractivity contribution in [3.8, 4) is 0 Å². The molecule has 134 valence electrons. The van der Waals surface area contributed by atoms with Crippen LogP contribution in [0.3, 0.4) is 0 Å². The Hall–Kier alpha value is -2.44. The van der Waals surface area contributed by atoms with Crippen molar-refractivity contribution in [1.82, 2.24) is 20.1 Å². The first-order valence-electron chi connectivity index (χ1n) is 8.71. The molecule has 2 aromatic heterocycles. The van der Waals surface area contributed by atoms with Gasteiger partial charge >= 0.3 is 5.97 Å². The number of nitrogens with zero attached hydrogens (tertiary/aromatic N) is 3. The lowest BCUT2D eigenvalue weighted by Crippen LogP contribution is -2.56. The summed E-state index contributed by atoms with van der Waals surface area (Å²) < 4.78 is 6.76. The molecule has 25 heavy (non-hydrogen) atoms. The standard InChI is InChI=1S/C18H24N4O3/c1-12(2)22-15-13(11-20-22)9-14(10-19-15)16(23)21-18(17(24)25-3)7-5-4-6-8-18/h9-12H,4-8H2,1-3H3,(H,21,23). The van der Waals surface area contributed by atoms with E-state index < -0.39 is 5.54 Å². The zero-order chi connectivity index (χ0) is 18.0. The van der Waals surface area contributed by atoms with E-state index in [0.29, 0.717) is 18.4 Å². The van der Waals surface area contributed by atoms with Gasteiger partial charge in [-0.15, -0.1) is 0 Å². The smallest absolute Gasteiger partial charge is 0.331 e. The molecule has 3 rings (SSSR count). The summed E-state index contributed by atoms with van der Waals surface area (Å²) in [4.78, 5) is 29.4. The number of rotatable bonds is 4. The van der Waals surface area contributed by atoms with Crippen LogP contribution >= 0.6 is 0 Å². The first-order valence-corrected chi connectivity index (χ1v) is 8.71. The zero-order valence-electron chi connectivity index (χ0n) is 14.9. The number of nitrogens with one attached hydrogen (secondary N) is 1. The topological polar surface area (TPSA) is 86.1 Å². The lowest BCUT2D eigenvalue weighted by atomic mass is 9.81. The summed E-state index contributed by atoms with van der Waals surface area (Å²) in [5, 5.41) is 8.03. The van der Waals surface area contributed by atoms with Crippen LogP contribution in [0.1, 0.15) is 62.4 Å². The SMILES string of the molecule is COC(=O)C1(NC(=O)c2cnc3c(cnn3C(C)C)c2)CCCCC1. The summed E-state index contributed by atoms with van der Waals surface area (Å²) >= 11 is 0. The molecule has 0 spiro atoms. The van der Waals surface area contributed by atoms with Gasteiger partial charge in [-0.1, -0.05) is 19.3 Å². The van der Waals surface area contributed by atoms with Gasteiger partial charge in [-0.3, -0.25) is 4.79 Å². The van der Waals surface area contributed by atoms with Gasteiger partial charge in [0.1, 0.15) is 5.54 Å². The second-order valence-corrected chi connectivity index (χ2v) is 6.91. The predicted molar refractivity (Wildman–Crippen MR) is 93.2 cm³/mol. The van der Waals surface area contributed by atoms with E-state index in [4.69, 9.17) is 4.74 Å². The van der Waals surface area contributed by atoms with Crippen LogP contribution in [-0.2, 0) is 9.53 Å². The molecule has 0 radical (unpaired) electrons. The van der Waals surface area contributed by atoms with E-state index >= 15 is 0 Å². The molecular formula is C18H24N4O3. The molecule has 0 aromatic carbocycles. The van der Waals surface area contributed by atoms with Crippen molar-refractivity contribution in [2.24, 2.45) is 0 Å². The molecule has 0 atom stereocenters. The molecular weight excluding hydrogens is 320 g/mol. The highest BCUT2D eigenvalue weighted by molar-refractivity contribution is 6.00. The first-order chi connectivity index (χ1) is 12.0. The van der Waals surface area contributed by atoms with Gasteiger partial charge in [0.05, 0.1) is 18.9 Å². The minimum absolute atomic E-state index is 0.189. The zero-order valence-corrected chi connectivity index (χ0v) is 14.9. The molecule has 1 N–H and O–H groups in total. The largest absolute Gasteiger partial charge is 0.467 e. The monoisotopic (exact) mass is 344 g/mol. The second kappa shape index (κ2) is 6.82. The Morgan fingerprint density at radius 2 is 1.96 bits per heavy atom. The molecule has 7 heteroatoms. The van der Waals surface area contributed by atoms with E-state index in [1.807, 2.05) is 18.5 Å². The van der Waals surface area contributed by atoms with Gasteiger partial charge in [-0.05, 0) is 32.8 Å². The van der Waals surface area contributed by atoms with Gasteiger partial charge in [-0.2, -0.15) is 5.10 Å². The van der Waals surface area contributed by atoms with Gasteiger partial charge in [0.15, 0.2) is 5.65 Å². The molecule has 0 bridgehead atoms. The highest BCUT2D eigenvalue weighted by atomic mass is 16.5. The summed E-state index contributed by atoms with van der Waals surface area (Å²) in [6.07, 6.45) is 7.30. The van der Waals surface area contributed by atoms with Crippen LogP contribution in [0.15, 0.2) is 18.5 Å². The Morgan fingerprint density at radius 1 is 1.24 bits per heavy atom. The fraction of sp³-hybridized carbons (Fsp3) is 0.556. The van der Waals surface area contributed by atoms with Crippen LogP contribution in [0.4, 0.5) is 0 Å². The van der Waals surface area contributed by atoms with Crippen molar-refractivity contribution >= 4 is 22.9 Å². The Bertz CT molecular complexity index is 791. The number of carbonyl (C=O) groups is 2. The quantitative estimate of drug-likeness (QED) is 0.862. The van der Waals surface area contributed by atoms with Crippen LogP contribution < -0.4 is 5.32 Å². The highest BCUT2D eigenvalue weighted by Crippen LogP contribution is 2.30. The first kappa shape index (κ1) is 17.4. The molecule has 2 aromatic rings. The fourth-order valence-electron chi connectivity index (χ4n) is 3.46. The van der Waals surface area contributed by atoms with Crippen molar-refractivity contribution in [2.75, 3.05) is 7.11 Å². The number of methoxy groups -OCH3 is 1. The number of amides is 1. The van der Waals surface area contributed by atoms with Crippen LogP contribution in [0, 0.1) is 0 Å². The third-order valence-corrected chi connectivity index (χ3v) is 4.82. The van der Waals surface area contributed by atoms with Crippen molar-refractivity contribution in [3.05, 3.63) is 24.0 Å². The number of hydrogen-bond donors (Lipinski definition) is 1. The maximum Gasteiger partial charge on any atom is 0.331 e. The predicted octanol–water partition coefficient (Wildman–Crippen LogP) is 2.62. The van der Waals surface area contributed by atoms with Crippen LogP contribution in [-0.4, -0.2) is 39.3 Å². The number of aromatic nitrogens is 3. The summed E-state index contributed by atoms with van der Waals surface area (Å²) in [5.74, 6) is -0.679. The Morgan fingerprint density at radius 3 is 2.60 bits per heavy atom. The molecule has 1 saturated carbocycles. The average Bonchev–Trinajstić information content (AvgIpc) is 3.05. The van der Waals surface area contributed by atoms with Crippen LogP contribution in [0.5, 0.6) is 0 Å². The van der Waals surface area contributed by atoms with Crippen LogP contribution in [0.25, 0.3) is 11.0 Å². The van der Waals surface area contributed by atoms with Gasteiger partial charge in [0, 0.05) is 17.6 Å². The van der Waals surface area contributed by atoms with E-state index in [-0.39, 0.29) is 17.9 Å². The molecule has 0 unspecified atom stereocenters. The van der Waals surface area contributed by atoms with Crippen molar-refractivity contribution < 1.29 is 14.3 Å². The Balaban J connectivity index is 1.87. The molecule has 1 aliphatic carbocycles. The fourth-order valence-corrected chi connectivity index (χ4v) is 3.46.